The normalized spacial score (nSPS) is 21.7. The maximum atomic E-state index is 12.7. The van der Waals surface area contributed by atoms with Crippen LogP contribution >= 0.6 is 15.9 Å². The number of nitrogens with one attached hydrogen (secondary N) is 2. The van der Waals surface area contributed by atoms with Crippen LogP contribution in [0, 0.1) is 6.92 Å². The van der Waals surface area contributed by atoms with E-state index >= 15 is 0 Å². The lowest BCUT2D eigenvalue weighted by molar-refractivity contribution is 0.157. The molecule has 0 unspecified atom stereocenters. The highest BCUT2D eigenvalue weighted by molar-refractivity contribution is 9.10. The minimum atomic E-state index is -3.51. The summed E-state index contributed by atoms with van der Waals surface area (Å²) in [5.41, 5.74) is 0.558. The van der Waals surface area contributed by atoms with E-state index in [4.69, 9.17) is 0 Å². The number of benzene rings is 1. The minimum Gasteiger partial charge on any atom is -0.307 e. The first kappa shape index (κ1) is 17.9. The van der Waals surface area contributed by atoms with E-state index in [0.29, 0.717) is 4.90 Å². The third-order valence-electron chi connectivity index (χ3n) is 3.94. The molecule has 0 spiro atoms. The molecule has 0 bridgehead atoms. The van der Waals surface area contributed by atoms with Crippen molar-refractivity contribution in [2.75, 3.05) is 0 Å². The van der Waals surface area contributed by atoms with Crippen LogP contribution in [0.3, 0.4) is 0 Å². The molecule has 1 aliphatic heterocycles. The molecule has 0 amide bonds. The minimum absolute atomic E-state index is 0.0701. The monoisotopic (exact) mass is 388 g/mol. The molecule has 2 rings (SSSR count). The third kappa shape index (κ3) is 4.31. The fourth-order valence-electron chi connectivity index (χ4n) is 3.60. The number of hydrogen-bond acceptors (Lipinski definition) is 3. The first-order chi connectivity index (χ1) is 9.90. The lowest BCUT2D eigenvalue weighted by atomic mass is 9.80. The van der Waals surface area contributed by atoms with Crippen molar-refractivity contribution in [1.82, 2.24) is 10.0 Å². The highest BCUT2D eigenvalue weighted by Gasteiger charge is 2.39. The first-order valence-corrected chi connectivity index (χ1v) is 9.76. The lowest BCUT2D eigenvalue weighted by Crippen LogP contribution is -2.62. The summed E-state index contributed by atoms with van der Waals surface area (Å²) in [6, 6.07) is 5.17. The Morgan fingerprint density at radius 1 is 1.18 bits per heavy atom. The standard InChI is InChI=1S/C16H25BrN2O2S/c1-11-8-12(17)6-7-14(11)22(20,21)18-13-9-15(2,3)19-16(4,5)10-13/h6-8,13,18-19H,9-10H2,1-5H3. The molecule has 6 heteroatoms. The topological polar surface area (TPSA) is 58.2 Å². The molecule has 0 radical (unpaired) electrons. The van der Waals surface area contributed by atoms with Gasteiger partial charge in [-0.25, -0.2) is 13.1 Å². The van der Waals surface area contributed by atoms with Crippen LogP contribution in [-0.2, 0) is 10.0 Å². The molecule has 2 N–H and O–H groups in total. The van der Waals surface area contributed by atoms with Gasteiger partial charge in [-0.2, -0.15) is 0 Å². The van der Waals surface area contributed by atoms with Gasteiger partial charge in [0.15, 0.2) is 0 Å². The van der Waals surface area contributed by atoms with Crippen LogP contribution in [0.25, 0.3) is 0 Å². The van der Waals surface area contributed by atoms with Gasteiger partial charge in [-0.05, 0) is 71.2 Å². The Hall–Kier alpha value is -0.430. The van der Waals surface area contributed by atoms with E-state index < -0.39 is 10.0 Å². The number of halogens is 1. The van der Waals surface area contributed by atoms with Crippen LogP contribution in [0.2, 0.25) is 0 Å². The van der Waals surface area contributed by atoms with Gasteiger partial charge < -0.3 is 5.32 Å². The molecule has 1 fully saturated rings. The molecule has 1 saturated heterocycles. The summed E-state index contributed by atoms with van der Waals surface area (Å²) in [6.07, 6.45) is 1.54. The van der Waals surface area contributed by atoms with E-state index in [0.717, 1.165) is 22.9 Å². The van der Waals surface area contributed by atoms with Crippen molar-refractivity contribution in [2.45, 2.75) is 69.5 Å². The zero-order chi connectivity index (χ0) is 16.8. The highest BCUT2D eigenvalue weighted by atomic mass is 79.9. The van der Waals surface area contributed by atoms with Gasteiger partial charge in [0.05, 0.1) is 4.90 Å². The molecule has 1 heterocycles. The average molecular weight is 389 g/mol. The molecule has 22 heavy (non-hydrogen) atoms. The van der Waals surface area contributed by atoms with Gasteiger partial charge in [0, 0.05) is 21.6 Å². The second-order valence-corrected chi connectivity index (χ2v) is 10.1. The number of rotatable bonds is 3. The zero-order valence-corrected chi connectivity index (χ0v) is 16.2. The predicted octanol–water partition coefficient (Wildman–Crippen LogP) is 3.35. The predicted molar refractivity (Wildman–Crippen MR) is 93.5 cm³/mol. The SMILES string of the molecule is Cc1cc(Br)ccc1S(=O)(=O)NC1CC(C)(C)NC(C)(C)C1. The quantitative estimate of drug-likeness (QED) is 0.834. The van der Waals surface area contributed by atoms with Crippen LogP contribution in [-0.4, -0.2) is 25.5 Å². The molecule has 1 aliphatic rings. The number of piperidine rings is 1. The average Bonchev–Trinajstić information content (AvgIpc) is 2.21. The van der Waals surface area contributed by atoms with E-state index in [1.807, 2.05) is 13.0 Å². The van der Waals surface area contributed by atoms with E-state index in [1.54, 1.807) is 12.1 Å². The van der Waals surface area contributed by atoms with Gasteiger partial charge in [-0.15, -0.1) is 0 Å². The van der Waals surface area contributed by atoms with Gasteiger partial charge >= 0.3 is 0 Å². The molecule has 124 valence electrons. The van der Waals surface area contributed by atoms with Crippen molar-refractivity contribution in [3.63, 3.8) is 0 Å². The van der Waals surface area contributed by atoms with Crippen LogP contribution in [0.15, 0.2) is 27.6 Å². The lowest BCUT2D eigenvalue weighted by Gasteiger charge is -2.46. The molecule has 1 aromatic carbocycles. The smallest absolute Gasteiger partial charge is 0.241 e. The summed E-state index contributed by atoms with van der Waals surface area (Å²) in [4.78, 5) is 0.352. The van der Waals surface area contributed by atoms with E-state index in [1.165, 1.54) is 0 Å². The Labute approximate surface area is 142 Å². The number of hydrogen-bond donors (Lipinski definition) is 2. The highest BCUT2D eigenvalue weighted by Crippen LogP contribution is 2.30. The Kier molecular flexibility index (Phi) is 4.80. The summed E-state index contributed by atoms with van der Waals surface area (Å²) < 4.78 is 29.2. The second kappa shape index (κ2) is 5.89. The van der Waals surface area contributed by atoms with Crippen molar-refractivity contribution in [1.29, 1.82) is 0 Å². The number of sulfonamides is 1. The Balaban J connectivity index is 2.25. The summed E-state index contributed by atoms with van der Waals surface area (Å²) in [7, 11) is -3.51. The van der Waals surface area contributed by atoms with E-state index in [9.17, 15) is 8.42 Å². The van der Waals surface area contributed by atoms with Crippen molar-refractivity contribution in [2.24, 2.45) is 0 Å². The molecular weight excluding hydrogens is 364 g/mol. The third-order valence-corrected chi connectivity index (χ3v) is 6.11. The van der Waals surface area contributed by atoms with E-state index in [-0.39, 0.29) is 17.1 Å². The molecule has 1 aromatic rings. The Bertz CT molecular complexity index is 653. The summed E-state index contributed by atoms with van der Waals surface area (Å²) >= 11 is 3.37. The molecule has 4 nitrogen and oxygen atoms in total. The van der Waals surface area contributed by atoms with Crippen molar-refractivity contribution < 1.29 is 8.42 Å². The van der Waals surface area contributed by atoms with Crippen LogP contribution in [0.5, 0.6) is 0 Å². The Morgan fingerprint density at radius 3 is 2.23 bits per heavy atom. The van der Waals surface area contributed by atoms with Crippen molar-refractivity contribution >= 4 is 26.0 Å². The maximum Gasteiger partial charge on any atom is 0.241 e. The van der Waals surface area contributed by atoms with Gasteiger partial charge in [-0.1, -0.05) is 15.9 Å². The van der Waals surface area contributed by atoms with Crippen molar-refractivity contribution in [3.05, 3.63) is 28.2 Å². The van der Waals surface area contributed by atoms with Crippen LogP contribution in [0.4, 0.5) is 0 Å². The largest absolute Gasteiger partial charge is 0.307 e. The Morgan fingerprint density at radius 2 is 1.73 bits per heavy atom. The molecule has 0 saturated carbocycles. The summed E-state index contributed by atoms with van der Waals surface area (Å²) in [5.74, 6) is 0. The zero-order valence-electron chi connectivity index (χ0n) is 13.8. The maximum absolute atomic E-state index is 12.7. The molecule has 0 aliphatic carbocycles. The fourth-order valence-corrected chi connectivity index (χ4v) is 5.54. The van der Waals surface area contributed by atoms with Gasteiger partial charge in [0.25, 0.3) is 0 Å². The van der Waals surface area contributed by atoms with Crippen LogP contribution in [0.1, 0.15) is 46.1 Å². The van der Waals surface area contributed by atoms with Crippen molar-refractivity contribution in [3.8, 4) is 0 Å². The fraction of sp³-hybridized carbons (Fsp3) is 0.625. The second-order valence-electron chi connectivity index (χ2n) is 7.53. The number of aryl methyl sites for hydroxylation is 1. The summed E-state index contributed by atoms with van der Waals surface area (Å²) in [5, 5.41) is 3.57. The van der Waals surface area contributed by atoms with Gasteiger partial charge in [0.2, 0.25) is 10.0 Å². The molecular formula is C16H25BrN2O2S. The summed E-state index contributed by atoms with van der Waals surface area (Å²) in [6.45, 7) is 10.3. The van der Waals surface area contributed by atoms with E-state index in [2.05, 4.69) is 53.7 Å². The molecule has 0 aromatic heterocycles. The van der Waals surface area contributed by atoms with Crippen LogP contribution < -0.4 is 10.0 Å². The first-order valence-electron chi connectivity index (χ1n) is 7.48. The molecule has 0 atom stereocenters. The van der Waals surface area contributed by atoms with Gasteiger partial charge in [-0.3, -0.25) is 0 Å². The van der Waals surface area contributed by atoms with Gasteiger partial charge in [0.1, 0.15) is 0 Å².